The number of para-hydroxylation sites is 2. The molecule has 2 heterocycles. The predicted molar refractivity (Wildman–Crippen MR) is 316 cm³/mol. The van der Waals surface area contributed by atoms with E-state index in [1.807, 2.05) is 0 Å². The molecule has 0 fully saturated rings. The third kappa shape index (κ3) is 5.76. The summed E-state index contributed by atoms with van der Waals surface area (Å²) in [6.07, 6.45) is 9.36. The number of aromatic nitrogens is 2. The lowest BCUT2D eigenvalue weighted by molar-refractivity contribution is 0.752. The van der Waals surface area contributed by atoms with Gasteiger partial charge in [0.05, 0.1) is 32.9 Å². The van der Waals surface area contributed by atoms with Gasteiger partial charge in [0.25, 0.3) is 0 Å². The zero-order chi connectivity index (χ0) is 50.0. The van der Waals surface area contributed by atoms with Crippen molar-refractivity contribution in [2.45, 2.75) is 23.7 Å². The third-order valence-electron chi connectivity index (χ3n) is 17.3. The van der Waals surface area contributed by atoms with Crippen molar-refractivity contribution >= 4 is 43.6 Å². The Bertz CT molecular complexity index is 4490. The maximum absolute atomic E-state index is 2.48. The second kappa shape index (κ2) is 16.5. The van der Waals surface area contributed by atoms with Gasteiger partial charge in [-0.15, -0.1) is 0 Å². The highest BCUT2D eigenvalue weighted by atomic mass is 15.0. The highest BCUT2D eigenvalue weighted by Gasteiger charge is 2.49. The van der Waals surface area contributed by atoms with Gasteiger partial charge in [0.2, 0.25) is 0 Å². The predicted octanol–water partition coefficient (Wildman–Crippen LogP) is 18.5. The van der Waals surface area contributed by atoms with Crippen LogP contribution in [-0.4, -0.2) is 9.13 Å². The van der Waals surface area contributed by atoms with Crippen molar-refractivity contribution < 1.29 is 0 Å². The van der Waals surface area contributed by atoms with E-state index >= 15 is 0 Å². The summed E-state index contributed by atoms with van der Waals surface area (Å²) in [5, 5.41) is 5.13. The highest BCUT2D eigenvalue weighted by molar-refractivity contribution is 6.20. The van der Waals surface area contributed by atoms with Crippen molar-refractivity contribution in [3.8, 4) is 44.8 Å². The molecule has 11 aromatic carbocycles. The molecule has 2 aromatic heterocycles. The monoisotopic (exact) mass is 966 g/mol. The van der Waals surface area contributed by atoms with Crippen LogP contribution in [0, 0.1) is 0 Å². The summed E-state index contributed by atoms with van der Waals surface area (Å²) in [7, 11) is 0. The molecule has 0 N–H and O–H groups in total. The van der Waals surface area contributed by atoms with E-state index in [0.29, 0.717) is 0 Å². The van der Waals surface area contributed by atoms with Gasteiger partial charge in [0.15, 0.2) is 0 Å². The molecule has 1 atom stereocenters. The van der Waals surface area contributed by atoms with E-state index in [1.54, 1.807) is 0 Å². The summed E-state index contributed by atoms with van der Waals surface area (Å²) in [4.78, 5) is 0. The maximum atomic E-state index is 2.48. The molecule has 0 saturated heterocycles. The number of benzene rings is 11. The summed E-state index contributed by atoms with van der Waals surface area (Å²) < 4.78 is 4.94. The van der Waals surface area contributed by atoms with Crippen LogP contribution in [0.2, 0.25) is 0 Å². The molecule has 0 aliphatic heterocycles. The van der Waals surface area contributed by atoms with E-state index in [4.69, 9.17) is 0 Å². The van der Waals surface area contributed by atoms with Crippen molar-refractivity contribution in [2.24, 2.45) is 0 Å². The number of nitrogens with zero attached hydrogens (tertiary/aromatic N) is 2. The smallest absolute Gasteiger partial charge is 0.0713 e. The normalized spacial score (nSPS) is 16.0. The first kappa shape index (κ1) is 43.0. The topological polar surface area (TPSA) is 9.86 Å². The van der Waals surface area contributed by atoms with E-state index in [9.17, 15) is 0 Å². The molecule has 16 rings (SSSR count). The van der Waals surface area contributed by atoms with Gasteiger partial charge in [-0.1, -0.05) is 231 Å². The first-order valence-electron chi connectivity index (χ1n) is 26.8. The van der Waals surface area contributed by atoms with Gasteiger partial charge in [-0.25, -0.2) is 0 Å². The van der Waals surface area contributed by atoms with Crippen LogP contribution in [0.1, 0.15) is 51.8 Å². The van der Waals surface area contributed by atoms with Crippen LogP contribution in [0.15, 0.2) is 285 Å². The standard InChI is InChI=1S/C74H50N2/c1-5-21-51(22-6-1)73(52-23-7-2-8-24-52)61-33-17-13-29-57(61)69-63(73)45-47-67-71(69)59-31-15-19-35-65(59)75(67)55-41-37-49(38-42-55)50-39-43-56(44-40-50)76-66-36-20-16-32-60(66)72-68(76)48-46-64-70(72)58-30-14-18-34-62(58)74(64,53-25-9-3-10-26-53)54-27-11-4-12-28-54/h1-3,5-11,13-48H,4,12H2. The highest BCUT2D eigenvalue weighted by Crippen LogP contribution is 2.61. The van der Waals surface area contributed by atoms with Crippen LogP contribution in [0.25, 0.3) is 88.4 Å². The Morgan fingerprint density at radius 2 is 0.711 bits per heavy atom. The Labute approximate surface area is 442 Å². The summed E-state index contributed by atoms with van der Waals surface area (Å²) in [6, 6.07) is 97.6. The molecule has 76 heavy (non-hydrogen) atoms. The van der Waals surface area contributed by atoms with Crippen molar-refractivity contribution in [2.75, 3.05) is 0 Å². The lowest BCUT2D eigenvalue weighted by Gasteiger charge is -2.35. The molecular weight excluding hydrogens is 917 g/mol. The lowest BCUT2D eigenvalue weighted by atomic mass is 9.66. The largest absolute Gasteiger partial charge is 0.309 e. The van der Waals surface area contributed by atoms with Gasteiger partial charge in [-0.3, -0.25) is 0 Å². The zero-order valence-corrected chi connectivity index (χ0v) is 41.9. The second-order valence-electron chi connectivity index (χ2n) is 20.9. The molecule has 0 spiro atoms. The van der Waals surface area contributed by atoms with E-state index in [2.05, 4.69) is 288 Å². The number of rotatable bonds is 7. The van der Waals surface area contributed by atoms with Crippen LogP contribution in [0.3, 0.4) is 0 Å². The first-order valence-corrected chi connectivity index (χ1v) is 26.8. The van der Waals surface area contributed by atoms with Crippen LogP contribution in [0.5, 0.6) is 0 Å². The van der Waals surface area contributed by atoms with Crippen LogP contribution >= 0.6 is 0 Å². The second-order valence-corrected chi connectivity index (χ2v) is 20.9. The van der Waals surface area contributed by atoms with Gasteiger partial charge in [0.1, 0.15) is 0 Å². The fourth-order valence-corrected chi connectivity index (χ4v) is 14.3. The van der Waals surface area contributed by atoms with E-state index < -0.39 is 10.8 Å². The lowest BCUT2D eigenvalue weighted by Crippen LogP contribution is -2.29. The molecule has 356 valence electrons. The molecule has 3 aliphatic carbocycles. The van der Waals surface area contributed by atoms with E-state index in [1.165, 1.54) is 122 Å². The van der Waals surface area contributed by atoms with Crippen LogP contribution < -0.4 is 0 Å². The Balaban J connectivity index is 0.812. The number of fused-ring (bicyclic) bond motifs is 14. The third-order valence-corrected chi connectivity index (χ3v) is 17.3. The van der Waals surface area contributed by atoms with Gasteiger partial charge in [-0.2, -0.15) is 0 Å². The number of hydrogen-bond acceptors (Lipinski definition) is 0. The fraction of sp³-hybridized carbons (Fsp3) is 0.0541. The summed E-state index contributed by atoms with van der Waals surface area (Å²) in [6.45, 7) is 0. The van der Waals surface area contributed by atoms with Crippen molar-refractivity contribution in [1.82, 2.24) is 9.13 Å². The van der Waals surface area contributed by atoms with Gasteiger partial charge < -0.3 is 9.13 Å². The molecule has 2 heteroatoms. The molecule has 0 saturated carbocycles. The Hall–Kier alpha value is -9.50. The molecule has 0 bridgehead atoms. The molecular formula is C74H50N2. The molecule has 3 aliphatic rings. The molecule has 0 amide bonds. The minimum Gasteiger partial charge on any atom is -0.309 e. The van der Waals surface area contributed by atoms with Gasteiger partial charge in [-0.05, 0) is 139 Å². The molecule has 2 nitrogen and oxygen atoms in total. The van der Waals surface area contributed by atoms with Crippen molar-refractivity contribution in [1.29, 1.82) is 0 Å². The average Bonchev–Trinajstić information content (AvgIpc) is 4.29. The number of allylic oxidation sites excluding steroid dienone is 4. The van der Waals surface area contributed by atoms with E-state index in [0.717, 1.165) is 24.2 Å². The minimum absolute atomic E-state index is 0.412. The average molecular weight is 967 g/mol. The fourth-order valence-electron chi connectivity index (χ4n) is 14.3. The van der Waals surface area contributed by atoms with Crippen molar-refractivity contribution in [3.05, 3.63) is 324 Å². The summed E-state index contributed by atoms with van der Waals surface area (Å²) in [5.74, 6) is 0. The quantitative estimate of drug-likeness (QED) is 0.151. The summed E-state index contributed by atoms with van der Waals surface area (Å²) >= 11 is 0. The Morgan fingerprint density at radius 3 is 1.18 bits per heavy atom. The molecule has 13 aromatic rings. The minimum atomic E-state index is -0.462. The van der Waals surface area contributed by atoms with Crippen LogP contribution in [0.4, 0.5) is 0 Å². The van der Waals surface area contributed by atoms with Gasteiger partial charge in [0, 0.05) is 32.9 Å². The Morgan fingerprint density at radius 1 is 0.303 bits per heavy atom. The Kier molecular flexibility index (Phi) is 9.33. The molecule has 0 radical (unpaired) electrons. The SMILES string of the molecule is C1=CC(C2(c3ccccc3)c3ccccc3-c3c2ccc2c3c3ccccc3n2-c2ccc(-c3ccc(-n4c5ccccc5c5c6c(ccc54)C(c4ccccc4)(c4ccccc4)c4ccccc4-6)cc3)cc2)=CCC1. The van der Waals surface area contributed by atoms with Crippen LogP contribution in [-0.2, 0) is 10.8 Å². The summed E-state index contributed by atoms with van der Waals surface area (Å²) in [5.41, 5.74) is 24.5. The molecule has 1 unspecified atom stereocenters. The van der Waals surface area contributed by atoms with Gasteiger partial charge >= 0.3 is 0 Å². The van der Waals surface area contributed by atoms with E-state index in [-0.39, 0.29) is 0 Å². The van der Waals surface area contributed by atoms with Crippen molar-refractivity contribution in [3.63, 3.8) is 0 Å². The number of hydrogen-bond donors (Lipinski definition) is 0. The maximum Gasteiger partial charge on any atom is 0.0713 e. The first-order chi connectivity index (χ1) is 37.7. The zero-order valence-electron chi connectivity index (χ0n) is 41.9.